The molecule has 1 aromatic carbocycles. The Morgan fingerprint density at radius 3 is 2.70 bits per heavy atom. The Labute approximate surface area is 120 Å². The molecular formula is C16H23NO3. The molecule has 2 rings (SSSR count). The van der Waals surface area contributed by atoms with E-state index in [1.54, 1.807) is 0 Å². The van der Waals surface area contributed by atoms with Gasteiger partial charge < -0.3 is 14.7 Å². The molecule has 0 unspecified atom stereocenters. The number of piperidine rings is 1. The lowest BCUT2D eigenvalue weighted by Gasteiger charge is -2.31. The van der Waals surface area contributed by atoms with E-state index in [-0.39, 0.29) is 19.1 Å². The third kappa shape index (κ3) is 3.73. The van der Waals surface area contributed by atoms with Crippen molar-refractivity contribution in [2.24, 2.45) is 5.92 Å². The van der Waals surface area contributed by atoms with Gasteiger partial charge in [-0.15, -0.1) is 0 Å². The maximum Gasteiger partial charge on any atom is 0.260 e. The number of amides is 1. The zero-order valence-electron chi connectivity index (χ0n) is 12.3. The van der Waals surface area contributed by atoms with E-state index in [1.807, 2.05) is 36.9 Å². The van der Waals surface area contributed by atoms with Crippen molar-refractivity contribution in [2.75, 3.05) is 26.3 Å². The molecule has 1 heterocycles. The summed E-state index contributed by atoms with van der Waals surface area (Å²) in [4.78, 5) is 13.9. The highest BCUT2D eigenvalue weighted by Crippen LogP contribution is 2.20. The van der Waals surface area contributed by atoms with Crippen molar-refractivity contribution in [1.29, 1.82) is 0 Å². The normalized spacial score (nSPS) is 16.2. The van der Waals surface area contributed by atoms with Crippen LogP contribution >= 0.6 is 0 Å². The standard InChI is InChI=1S/C16H23NO3/c1-12-3-4-13(2)15(9-12)20-11-16(19)17-7-5-14(10-18)6-8-17/h3-4,9,14,18H,5-8,10-11H2,1-2H3. The second-order valence-corrected chi connectivity index (χ2v) is 5.56. The number of ether oxygens (including phenoxy) is 1. The molecule has 1 aliphatic heterocycles. The lowest BCUT2D eigenvalue weighted by Crippen LogP contribution is -2.41. The first kappa shape index (κ1) is 14.9. The fraction of sp³-hybridized carbons (Fsp3) is 0.562. The average Bonchev–Trinajstić information content (AvgIpc) is 2.48. The predicted octanol–water partition coefficient (Wildman–Crippen LogP) is 1.91. The first-order valence-electron chi connectivity index (χ1n) is 7.19. The zero-order chi connectivity index (χ0) is 14.5. The molecule has 0 atom stereocenters. The molecule has 4 heteroatoms. The average molecular weight is 277 g/mol. The van der Waals surface area contributed by atoms with Gasteiger partial charge in [-0.1, -0.05) is 12.1 Å². The van der Waals surface area contributed by atoms with Crippen molar-refractivity contribution in [3.05, 3.63) is 29.3 Å². The second-order valence-electron chi connectivity index (χ2n) is 5.56. The largest absolute Gasteiger partial charge is 0.483 e. The van der Waals surface area contributed by atoms with Crippen LogP contribution in [0.25, 0.3) is 0 Å². The molecule has 1 aromatic rings. The van der Waals surface area contributed by atoms with Crippen LogP contribution < -0.4 is 4.74 Å². The van der Waals surface area contributed by atoms with E-state index in [0.29, 0.717) is 5.92 Å². The number of likely N-dealkylation sites (tertiary alicyclic amines) is 1. The number of hydrogen-bond acceptors (Lipinski definition) is 3. The van der Waals surface area contributed by atoms with Gasteiger partial charge in [0.15, 0.2) is 6.61 Å². The van der Waals surface area contributed by atoms with E-state index in [9.17, 15) is 4.79 Å². The van der Waals surface area contributed by atoms with Gasteiger partial charge in [-0.3, -0.25) is 4.79 Å². The topological polar surface area (TPSA) is 49.8 Å². The summed E-state index contributed by atoms with van der Waals surface area (Å²) >= 11 is 0. The van der Waals surface area contributed by atoms with Gasteiger partial charge in [-0.25, -0.2) is 0 Å². The summed E-state index contributed by atoms with van der Waals surface area (Å²) in [5.74, 6) is 1.16. The van der Waals surface area contributed by atoms with Crippen LogP contribution in [0.4, 0.5) is 0 Å². The monoisotopic (exact) mass is 277 g/mol. The van der Waals surface area contributed by atoms with E-state index in [2.05, 4.69) is 0 Å². The molecule has 1 aliphatic rings. The summed E-state index contributed by atoms with van der Waals surface area (Å²) in [6.07, 6.45) is 1.76. The minimum Gasteiger partial charge on any atom is -0.483 e. The quantitative estimate of drug-likeness (QED) is 0.914. The van der Waals surface area contributed by atoms with Crippen molar-refractivity contribution in [3.63, 3.8) is 0 Å². The van der Waals surface area contributed by atoms with Gasteiger partial charge in [-0.05, 0) is 49.8 Å². The Balaban J connectivity index is 1.85. The van der Waals surface area contributed by atoms with Gasteiger partial charge in [0.1, 0.15) is 5.75 Å². The number of rotatable bonds is 4. The number of aryl methyl sites for hydroxylation is 2. The molecule has 0 spiro atoms. The summed E-state index contributed by atoms with van der Waals surface area (Å²) in [7, 11) is 0. The minimum absolute atomic E-state index is 0.0299. The number of carbonyl (C=O) groups is 1. The molecule has 0 bridgehead atoms. The Kier molecular flexibility index (Phi) is 5.01. The predicted molar refractivity (Wildman–Crippen MR) is 77.8 cm³/mol. The lowest BCUT2D eigenvalue weighted by molar-refractivity contribution is -0.135. The third-order valence-corrected chi connectivity index (χ3v) is 3.92. The molecule has 110 valence electrons. The van der Waals surface area contributed by atoms with Gasteiger partial charge in [0.2, 0.25) is 0 Å². The lowest BCUT2D eigenvalue weighted by atomic mass is 9.98. The van der Waals surface area contributed by atoms with Crippen LogP contribution in [0.15, 0.2) is 18.2 Å². The molecule has 4 nitrogen and oxygen atoms in total. The highest BCUT2D eigenvalue weighted by atomic mass is 16.5. The number of aliphatic hydroxyl groups is 1. The molecule has 0 radical (unpaired) electrons. The van der Waals surface area contributed by atoms with Crippen molar-refractivity contribution >= 4 is 5.91 Å². The molecule has 1 amide bonds. The second kappa shape index (κ2) is 6.75. The van der Waals surface area contributed by atoms with Crippen molar-refractivity contribution in [1.82, 2.24) is 4.90 Å². The summed E-state index contributed by atoms with van der Waals surface area (Å²) in [6.45, 7) is 5.75. The van der Waals surface area contributed by atoms with Gasteiger partial charge in [0, 0.05) is 19.7 Å². The van der Waals surface area contributed by atoms with E-state index >= 15 is 0 Å². The third-order valence-electron chi connectivity index (χ3n) is 3.92. The Morgan fingerprint density at radius 2 is 2.05 bits per heavy atom. The number of aliphatic hydroxyl groups excluding tert-OH is 1. The maximum atomic E-state index is 12.1. The minimum atomic E-state index is 0.0299. The molecule has 0 aliphatic carbocycles. The fourth-order valence-corrected chi connectivity index (χ4v) is 2.46. The van der Waals surface area contributed by atoms with Crippen LogP contribution in [0.2, 0.25) is 0 Å². The molecule has 1 fully saturated rings. The SMILES string of the molecule is Cc1ccc(C)c(OCC(=O)N2CCC(CO)CC2)c1. The molecule has 1 saturated heterocycles. The Hall–Kier alpha value is -1.55. The number of benzene rings is 1. The number of carbonyl (C=O) groups excluding carboxylic acids is 1. The van der Waals surface area contributed by atoms with E-state index in [0.717, 1.165) is 42.8 Å². The smallest absolute Gasteiger partial charge is 0.260 e. The van der Waals surface area contributed by atoms with Crippen molar-refractivity contribution in [2.45, 2.75) is 26.7 Å². The molecule has 1 N–H and O–H groups in total. The molecular weight excluding hydrogens is 254 g/mol. The maximum absolute atomic E-state index is 12.1. The van der Waals surface area contributed by atoms with Crippen LogP contribution in [0.5, 0.6) is 5.75 Å². The summed E-state index contributed by atoms with van der Waals surface area (Å²) in [5.41, 5.74) is 2.17. The molecule has 0 aromatic heterocycles. The Bertz CT molecular complexity index is 465. The van der Waals surface area contributed by atoms with E-state index < -0.39 is 0 Å². The van der Waals surface area contributed by atoms with E-state index in [1.165, 1.54) is 0 Å². The van der Waals surface area contributed by atoms with Gasteiger partial charge >= 0.3 is 0 Å². The zero-order valence-corrected chi connectivity index (χ0v) is 12.3. The molecule has 0 saturated carbocycles. The van der Waals surface area contributed by atoms with E-state index in [4.69, 9.17) is 9.84 Å². The summed E-state index contributed by atoms with van der Waals surface area (Å²) in [5, 5.41) is 9.10. The van der Waals surface area contributed by atoms with Crippen LogP contribution in [-0.4, -0.2) is 42.2 Å². The number of nitrogens with zero attached hydrogens (tertiary/aromatic N) is 1. The van der Waals surface area contributed by atoms with Crippen molar-refractivity contribution in [3.8, 4) is 5.75 Å². The van der Waals surface area contributed by atoms with Crippen LogP contribution in [0, 0.1) is 19.8 Å². The van der Waals surface area contributed by atoms with Gasteiger partial charge in [0.05, 0.1) is 0 Å². The highest BCUT2D eigenvalue weighted by Gasteiger charge is 2.22. The van der Waals surface area contributed by atoms with Crippen molar-refractivity contribution < 1.29 is 14.6 Å². The summed E-state index contributed by atoms with van der Waals surface area (Å²) in [6, 6.07) is 5.99. The van der Waals surface area contributed by atoms with Crippen LogP contribution in [-0.2, 0) is 4.79 Å². The highest BCUT2D eigenvalue weighted by molar-refractivity contribution is 5.77. The fourth-order valence-electron chi connectivity index (χ4n) is 2.46. The van der Waals surface area contributed by atoms with Crippen LogP contribution in [0.3, 0.4) is 0 Å². The van der Waals surface area contributed by atoms with Crippen LogP contribution in [0.1, 0.15) is 24.0 Å². The number of hydrogen-bond donors (Lipinski definition) is 1. The van der Waals surface area contributed by atoms with Gasteiger partial charge in [-0.2, -0.15) is 0 Å². The Morgan fingerprint density at radius 1 is 1.35 bits per heavy atom. The molecule has 20 heavy (non-hydrogen) atoms. The summed E-state index contributed by atoms with van der Waals surface area (Å²) < 4.78 is 5.65. The first-order chi connectivity index (χ1) is 9.60. The van der Waals surface area contributed by atoms with Gasteiger partial charge in [0.25, 0.3) is 5.91 Å². The first-order valence-corrected chi connectivity index (χ1v) is 7.19.